The first kappa shape index (κ1) is 16.8. The molecule has 0 amide bonds. The Bertz CT molecular complexity index is 826. The van der Waals surface area contributed by atoms with Crippen molar-refractivity contribution in [1.82, 2.24) is 19.5 Å². The van der Waals surface area contributed by atoms with Gasteiger partial charge in [-0.05, 0) is 39.2 Å². The fourth-order valence-electron chi connectivity index (χ4n) is 2.54. The molecule has 2 heterocycles. The fraction of sp³-hybridized carbons (Fsp3) is 0.333. The molecular formula is C18H23N5S. The van der Waals surface area contributed by atoms with Crippen LogP contribution in [-0.4, -0.2) is 47.2 Å². The predicted octanol–water partition coefficient (Wildman–Crippen LogP) is 3.33. The average Bonchev–Trinajstić information content (AvgIpc) is 2.92. The normalized spacial score (nSPS) is 11.4. The molecule has 0 saturated carbocycles. The molecular weight excluding hydrogens is 318 g/mol. The van der Waals surface area contributed by atoms with Gasteiger partial charge < -0.3 is 10.2 Å². The molecule has 126 valence electrons. The molecule has 0 radical (unpaired) electrons. The van der Waals surface area contributed by atoms with Crippen molar-refractivity contribution >= 4 is 23.2 Å². The van der Waals surface area contributed by atoms with Gasteiger partial charge in [0.05, 0.1) is 0 Å². The van der Waals surface area contributed by atoms with Crippen LogP contribution in [-0.2, 0) is 6.42 Å². The second kappa shape index (κ2) is 7.23. The first-order valence-corrected chi connectivity index (χ1v) is 8.85. The van der Waals surface area contributed by atoms with Gasteiger partial charge in [-0.2, -0.15) is 0 Å². The third-order valence-corrected chi connectivity index (χ3v) is 4.88. The summed E-state index contributed by atoms with van der Waals surface area (Å²) in [5.41, 5.74) is 3.12. The van der Waals surface area contributed by atoms with Crippen LogP contribution >= 0.6 is 11.8 Å². The number of benzene rings is 1. The van der Waals surface area contributed by atoms with E-state index in [0.29, 0.717) is 0 Å². The SMILES string of the molecule is CNc1nn2c(C)cc(CCN(C)C)nc2c1Sc1ccccc1. The summed E-state index contributed by atoms with van der Waals surface area (Å²) in [5, 5.41) is 7.88. The fourth-order valence-corrected chi connectivity index (χ4v) is 3.53. The molecule has 0 atom stereocenters. The molecule has 1 aromatic carbocycles. The first-order chi connectivity index (χ1) is 11.6. The van der Waals surface area contributed by atoms with E-state index in [1.54, 1.807) is 11.8 Å². The van der Waals surface area contributed by atoms with Gasteiger partial charge >= 0.3 is 0 Å². The molecule has 0 aliphatic heterocycles. The third-order valence-electron chi connectivity index (χ3n) is 3.79. The van der Waals surface area contributed by atoms with Crippen LogP contribution in [0.4, 0.5) is 5.82 Å². The number of nitrogens with one attached hydrogen (secondary N) is 1. The van der Waals surface area contributed by atoms with Gasteiger partial charge in [0.1, 0.15) is 4.90 Å². The lowest BCUT2D eigenvalue weighted by Crippen LogP contribution is -2.16. The van der Waals surface area contributed by atoms with Crippen molar-refractivity contribution in [2.45, 2.75) is 23.1 Å². The number of likely N-dealkylation sites (N-methyl/N-ethyl adjacent to an activating group) is 1. The van der Waals surface area contributed by atoms with Gasteiger partial charge in [-0.1, -0.05) is 30.0 Å². The molecule has 24 heavy (non-hydrogen) atoms. The Hall–Kier alpha value is -2.05. The highest BCUT2D eigenvalue weighted by Gasteiger charge is 2.17. The van der Waals surface area contributed by atoms with E-state index in [9.17, 15) is 0 Å². The van der Waals surface area contributed by atoms with Crippen molar-refractivity contribution < 1.29 is 0 Å². The highest BCUT2D eigenvalue weighted by Crippen LogP contribution is 2.36. The summed E-state index contributed by atoms with van der Waals surface area (Å²) in [6, 6.07) is 12.5. The van der Waals surface area contributed by atoms with Crippen molar-refractivity contribution in [3.8, 4) is 0 Å². The molecule has 2 aromatic heterocycles. The van der Waals surface area contributed by atoms with E-state index in [2.05, 4.69) is 54.5 Å². The maximum Gasteiger partial charge on any atom is 0.171 e. The van der Waals surface area contributed by atoms with Gasteiger partial charge in [-0.25, -0.2) is 9.50 Å². The molecule has 0 fully saturated rings. The average molecular weight is 341 g/mol. The monoisotopic (exact) mass is 341 g/mol. The van der Waals surface area contributed by atoms with Crippen molar-refractivity contribution in [1.29, 1.82) is 0 Å². The second-order valence-electron chi connectivity index (χ2n) is 6.02. The molecule has 0 bridgehead atoms. The Morgan fingerprint density at radius 2 is 1.96 bits per heavy atom. The van der Waals surface area contributed by atoms with Crippen LogP contribution in [0.25, 0.3) is 5.65 Å². The van der Waals surface area contributed by atoms with Gasteiger partial charge in [0.25, 0.3) is 0 Å². The lowest BCUT2D eigenvalue weighted by atomic mass is 10.2. The van der Waals surface area contributed by atoms with E-state index < -0.39 is 0 Å². The lowest BCUT2D eigenvalue weighted by molar-refractivity contribution is 0.411. The molecule has 3 aromatic rings. The number of anilines is 1. The highest BCUT2D eigenvalue weighted by molar-refractivity contribution is 7.99. The minimum Gasteiger partial charge on any atom is -0.371 e. The van der Waals surface area contributed by atoms with Crippen LogP contribution in [0.1, 0.15) is 11.4 Å². The van der Waals surface area contributed by atoms with Crippen LogP contribution in [0.2, 0.25) is 0 Å². The maximum atomic E-state index is 4.89. The minimum absolute atomic E-state index is 0.865. The van der Waals surface area contributed by atoms with Gasteiger partial charge in [0.2, 0.25) is 0 Å². The number of aryl methyl sites for hydroxylation is 1. The molecule has 5 nitrogen and oxygen atoms in total. The Kier molecular flexibility index (Phi) is 5.06. The van der Waals surface area contributed by atoms with E-state index >= 15 is 0 Å². The van der Waals surface area contributed by atoms with E-state index in [4.69, 9.17) is 4.98 Å². The molecule has 3 rings (SSSR count). The zero-order chi connectivity index (χ0) is 17.1. The number of aromatic nitrogens is 3. The standard InChI is InChI=1S/C18H23N5S/c1-13-12-14(10-11-22(3)4)20-18-16(17(19-2)21-23(13)18)24-15-8-6-5-7-9-15/h5-9,12H,10-11H2,1-4H3,(H,19,21). The maximum absolute atomic E-state index is 4.89. The van der Waals surface area contributed by atoms with Crippen molar-refractivity contribution in [2.24, 2.45) is 0 Å². The number of hydrogen-bond donors (Lipinski definition) is 1. The highest BCUT2D eigenvalue weighted by atomic mass is 32.2. The van der Waals surface area contributed by atoms with Crippen molar-refractivity contribution in [3.05, 3.63) is 47.8 Å². The molecule has 0 saturated heterocycles. The number of hydrogen-bond acceptors (Lipinski definition) is 5. The first-order valence-electron chi connectivity index (χ1n) is 8.03. The Morgan fingerprint density at radius 1 is 1.21 bits per heavy atom. The summed E-state index contributed by atoms with van der Waals surface area (Å²) in [6.45, 7) is 3.06. The summed E-state index contributed by atoms with van der Waals surface area (Å²) >= 11 is 1.70. The molecule has 1 N–H and O–H groups in total. The predicted molar refractivity (Wildman–Crippen MR) is 100 cm³/mol. The largest absolute Gasteiger partial charge is 0.371 e. The van der Waals surface area contributed by atoms with E-state index in [1.165, 1.54) is 4.90 Å². The number of rotatable bonds is 6. The smallest absolute Gasteiger partial charge is 0.171 e. The summed E-state index contributed by atoms with van der Waals surface area (Å²) in [7, 11) is 6.07. The van der Waals surface area contributed by atoms with Crippen LogP contribution in [0, 0.1) is 6.92 Å². The van der Waals surface area contributed by atoms with E-state index in [0.717, 1.165) is 40.7 Å². The Morgan fingerprint density at radius 3 is 2.62 bits per heavy atom. The molecule has 0 aliphatic rings. The van der Waals surface area contributed by atoms with Crippen LogP contribution < -0.4 is 5.32 Å². The van der Waals surface area contributed by atoms with E-state index in [1.807, 2.05) is 29.8 Å². The van der Waals surface area contributed by atoms with Gasteiger partial charge in [0, 0.05) is 36.3 Å². The molecule has 0 unspecified atom stereocenters. The zero-order valence-electron chi connectivity index (χ0n) is 14.6. The summed E-state index contributed by atoms with van der Waals surface area (Å²) in [5.74, 6) is 0.865. The molecule has 6 heteroatoms. The third kappa shape index (κ3) is 3.55. The van der Waals surface area contributed by atoms with E-state index in [-0.39, 0.29) is 0 Å². The Balaban J connectivity index is 2.05. The summed E-state index contributed by atoms with van der Waals surface area (Å²) < 4.78 is 1.93. The summed E-state index contributed by atoms with van der Waals surface area (Å²) in [6.07, 6.45) is 0.930. The molecule has 0 aliphatic carbocycles. The second-order valence-corrected chi connectivity index (χ2v) is 7.10. The van der Waals surface area contributed by atoms with Gasteiger partial charge in [-0.15, -0.1) is 5.10 Å². The number of fused-ring (bicyclic) bond motifs is 1. The topological polar surface area (TPSA) is 45.5 Å². The quantitative estimate of drug-likeness (QED) is 0.745. The lowest BCUT2D eigenvalue weighted by Gasteiger charge is -2.10. The summed E-state index contributed by atoms with van der Waals surface area (Å²) in [4.78, 5) is 9.31. The van der Waals surface area contributed by atoms with Gasteiger partial charge in [0.15, 0.2) is 11.5 Å². The minimum atomic E-state index is 0.865. The van der Waals surface area contributed by atoms with Crippen LogP contribution in [0.5, 0.6) is 0 Å². The van der Waals surface area contributed by atoms with Crippen molar-refractivity contribution in [3.63, 3.8) is 0 Å². The van der Waals surface area contributed by atoms with Crippen LogP contribution in [0.15, 0.2) is 46.2 Å². The van der Waals surface area contributed by atoms with Crippen LogP contribution in [0.3, 0.4) is 0 Å². The zero-order valence-corrected chi connectivity index (χ0v) is 15.4. The van der Waals surface area contributed by atoms with Gasteiger partial charge in [-0.3, -0.25) is 0 Å². The number of nitrogens with zero attached hydrogens (tertiary/aromatic N) is 4. The Labute approximate surface area is 147 Å². The molecule has 0 spiro atoms. The van der Waals surface area contributed by atoms with Crippen molar-refractivity contribution in [2.75, 3.05) is 33.0 Å².